The molecule has 1 amide bonds. The van der Waals surface area contributed by atoms with E-state index in [4.69, 9.17) is 0 Å². The maximum absolute atomic E-state index is 11.8. The Kier molecular flexibility index (Phi) is 6.22. The highest BCUT2D eigenvalue weighted by molar-refractivity contribution is 8.00. The summed E-state index contributed by atoms with van der Waals surface area (Å²) >= 11 is 1.66. The van der Waals surface area contributed by atoms with Crippen molar-refractivity contribution < 1.29 is 4.79 Å². The molecule has 0 saturated carbocycles. The number of nitrogens with zero attached hydrogens (tertiary/aromatic N) is 1. The molecule has 1 N–H and O–H groups in total. The molecule has 4 heteroatoms. The molecule has 0 aliphatic rings. The lowest BCUT2D eigenvalue weighted by Crippen LogP contribution is -2.18. The van der Waals surface area contributed by atoms with Crippen LogP contribution in [0.1, 0.15) is 19.4 Å². The number of thioether (sulfide) groups is 1. The van der Waals surface area contributed by atoms with E-state index in [0.717, 1.165) is 17.8 Å². The zero-order valence-electron chi connectivity index (χ0n) is 11.6. The average molecular weight is 266 g/mol. The number of anilines is 1. The summed E-state index contributed by atoms with van der Waals surface area (Å²) in [6.45, 7) is 5.02. The molecule has 0 saturated heterocycles. The van der Waals surface area contributed by atoms with Gasteiger partial charge in [0.05, 0.1) is 5.75 Å². The maximum atomic E-state index is 11.8. The summed E-state index contributed by atoms with van der Waals surface area (Å²) in [5.74, 6) is 0.577. The smallest absolute Gasteiger partial charge is 0.234 e. The van der Waals surface area contributed by atoms with Crippen LogP contribution in [0.25, 0.3) is 0 Å². The Morgan fingerprint density at radius 3 is 2.61 bits per heavy atom. The van der Waals surface area contributed by atoms with E-state index in [1.807, 2.05) is 38.4 Å². The topological polar surface area (TPSA) is 32.3 Å². The second-order valence-corrected chi connectivity index (χ2v) is 6.37. The van der Waals surface area contributed by atoms with Crippen LogP contribution in [0.4, 0.5) is 5.69 Å². The molecule has 0 aromatic heterocycles. The number of amides is 1. The van der Waals surface area contributed by atoms with Gasteiger partial charge in [-0.3, -0.25) is 4.79 Å². The molecule has 0 heterocycles. The number of hydrogen-bond donors (Lipinski definition) is 1. The summed E-state index contributed by atoms with van der Waals surface area (Å²) in [6, 6.07) is 7.95. The van der Waals surface area contributed by atoms with Gasteiger partial charge in [-0.05, 0) is 31.0 Å². The molecule has 1 aromatic rings. The van der Waals surface area contributed by atoms with Crippen molar-refractivity contribution in [3.8, 4) is 0 Å². The Bertz CT molecular complexity index is 391. The molecule has 0 bridgehead atoms. The molecule has 0 aliphatic heterocycles. The fraction of sp³-hybridized carbons (Fsp3) is 0.500. The molecule has 3 nitrogen and oxygen atoms in total. The minimum Gasteiger partial charge on any atom is -0.325 e. The van der Waals surface area contributed by atoms with E-state index in [0.29, 0.717) is 11.0 Å². The largest absolute Gasteiger partial charge is 0.325 e. The molecule has 0 spiro atoms. The minimum atomic E-state index is 0.0694. The minimum absolute atomic E-state index is 0.0694. The van der Waals surface area contributed by atoms with Crippen LogP contribution in [0, 0.1) is 0 Å². The van der Waals surface area contributed by atoms with E-state index in [2.05, 4.69) is 24.1 Å². The van der Waals surface area contributed by atoms with Crippen LogP contribution < -0.4 is 5.32 Å². The second kappa shape index (κ2) is 7.44. The van der Waals surface area contributed by atoms with Gasteiger partial charge in [-0.2, -0.15) is 0 Å². The van der Waals surface area contributed by atoms with Crippen LogP contribution in [0.15, 0.2) is 24.3 Å². The highest BCUT2D eigenvalue weighted by Gasteiger charge is 2.08. The Hall–Kier alpha value is -1.00. The van der Waals surface area contributed by atoms with Gasteiger partial charge < -0.3 is 10.2 Å². The quantitative estimate of drug-likeness (QED) is 0.859. The van der Waals surface area contributed by atoms with Gasteiger partial charge in [0.2, 0.25) is 5.91 Å². The highest BCUT2D eigenvalue weighted by Crippen LogP contribution is 2.17. The fourth-order valence-electron chi connectivity index (χ4n) is 1.55. The molecule has 1 aromatic carbocycles. The molecule has 100 valence electrons. The number of rotatable bonds is 6. The molecule has 0 unspecified atom stereocenters. The van der Waals surface area contributed by atoms with E-state index in [9.17, 15) is 4.79 Å². The van der Waals surface area contributed by atoms with Crippen molar-refractivity contribution >= 4 is 23.4 Å². The fourth-order valence-corrected chi connectivity index (χ4v) is 2.11. The molecule has 0 aliphatic carbocycles. The standard InChI is InChI=1S/C14H22N2OS/c1-11(2)18-10-14(17)15-13-8-6-5-7-12(13)9-16(3)4/h5-8,11H,9-10H2,1-4H3,(H,15,17). The number of hydrogen-bond acceptors (Lipinski definition) is 3. The SMILES string of the molecule is CC(C)SCC(=O)Nc1ccccc1CN(C)C. The lowest BCUT2D eigenvalue weighted by molar-refractivity contribution is -0.113. The predicted molar refractivity (Wildman–Crippen MR) is 80.1 cm³/mol. The third-order valence-electron chi connectivity index (χ3n) is 2.33. The Morgan fingerprint density at radius 1 is 1.33 bits per heavy atom. The first-order valence-corrected chi connectivity index (χ1v) is 7.18. The van der Waals surface area contributed by atoms with Crippen LogP contribution in [0.3, 0.4) is 0 Å². The zero-order valence-corrected chi connectivity index (χ0v) is 12.4. The summed E-state index contributed by atoms with van der Waals surface area (Å²) in [7, 11) is 4.04. The monoisotopic (exact) mass is 266 g/mol. The van der Waals surface area contributed by atoms with Gasteiger partial charge >= 0.3 is 0 Å². The van der Waals surface area contributed by atoms with Gasteiger partial charge in [-0.25, -0.2) is 0 Å². The van der Waals surface area contributed by atoms with Gasteiger partial charge in [0.25, 0.3) is 0 Å². The third-order valence-corrected chi connectivity index (χ3v) is 3.42. The van der Waals surface area contributed by atoms with Crippen LogP contribution in [-0.2, 0) is 11.3 Å². The number of carbonyl (C=O) groups is 1. The first kappa shape index (κ1) is 15.1. The zero-order chi connectivity index (χ0) is 13.5. The summed E-state index contributed by atoms with van der Waals surface area (Å²) in [5, 5.41) is 3.46. The van der Waals surface area contributed by atoms with Crippen molar-refractivity contribution in [1.82, 2.24) is 4.90 Å². The van der Waals surface area contributed by atoms with Crippen molar-refractivity contribution in [3.05, 3.63) is 29.8 Å². The van der Waals surface area contributed by atoms with Crippen LogP contribution in [-0.4, -0.2) is 35.9 Å². The van der Waals surface area contributed by atoms with Gasteiger partial charge in [-0.1, -0.05) is 32.0 Å². The maximum Gasteiger partial charge on any atom is 0.234 e. The lowest BCUT2D eigenvalue weighted by Gasteiger charge is -2.15. The van der Waals surface area contributed by atoms with Gasteiger partial charge in [-0.15, -0.1) is 11.8 Å². The summed E-state index contributed by atoms with van der Waals surface area (Å²) in [4.78, 5) is 13.9. The van der Waals surface area contributed by atoms with Crippen molar-refractivity contribution in [3.63, 3.8) is 0 Å². The van der Waals surface area contributed by atoms with Crippen LogP contribution in [0.2, 0.25) is 0 Å². The van der Waals surface area contributed by atoms with E-state index in [-0.39, 0.29) is 5.91 Å². The number of para-hydroxylation sites is 1. The Morgan fingerprint density at radius 2 is 2.00 bits per heavy atom. The van der Waals surface area contributed by atoms with Crippen molar-refractivity contribution in [2.24, 2.45) is 0 Å². The molecule has 0 radical (unpaired) electrons. The first-order chi connectivity index (χ1) is 8.49. The van der Waals surface area contributed by atoms with E-state index < -0.39 is 0 Å². The van der Waals surface area contributed by atoms with Crippen molar-refractivity contribution in [2.75, 3.05) is 25.2 Å². The summed E-state index contributed by atoms with van der Waals surface area (Å²) in [5.41, 5.74) is 2.06. The Balaban J connectivity index is 2.63. The lowest BCUT2D eigenvalue weighted by atomic mass is 10.1. The predicted octanol–water partition coefficient (Wildman–Crippen LogP) is 2.83. The van der Waals surface area contributed by atoms with Gasteiger partial charge in [0.15, 0.2) is 0 Å². The van der Waals surface area contributed by atoms with Gasteiger partial charge in [0, 0.05) is 12.2 Å². The summed E-state index contributed by atoms with van der Waals surface area (Å²) in [6.07, 6.45) is 0. The molecular weight excluding hydrogens is 244 g/mol. The molecule has 1 rings (SSSR count). The van der Waals surface area contributed by atoms with Crippen molar-refractivity contribution in [2.45, 2.75) is 25.6 Å². The summed E-state index contributed by atoms with van der Waals surface area (Å²) < 4.78 is 0. The highest BCUT2D eigenvalue weighted by atomic mass is 32.2. The molecular formula is C14H22N2OS. The van der Waals surface area contributed by atoms with Crippen LogP contribution >= 0.6 is 11.8 Å². The number of nitrogens with one attached hydrogen (secondary N) is 1. The number of benzene rings is 1. The Labute approximate surface area is 114 Å². The van der Waals surface area contributed by atoms with E-state index in [1.165, 1.54) is 0 Å². The normalized spacial score (nSPS) is 11.0. The van der Waals surface area contributed by atoms with E-state index >= 15 is 0 Å². The second-order valence-electron chi connectivity index (χ2n) is 4.80. The van der Waals surface area contributed by atoms with Gasteiger partial charge in [0.1, 0.15) is 0 Å². The molecule has 0 atom stereocenters. The number of carbonyl (C=O) groups excluding carboxylic acids is 1. The van der Waals surface area contributed by atoms with Crippen LogP contribution in [0.5, 0.6) is 0 Å². The molecule has 18 heavy (non-hydrogen) atoms. The third kappa shape index (κ3) is 5.56. The molecule has 0 fully saturated rings. The average Bonchev–Trinajstić information content (AvgIpc) is 2.28. The van der Waals surface area contributed by atoms with E-state index in [1.54, 1.807) is 11.8 Å². The first-order valence-electron chi connectivity index (χ1n) is 6.13. The van der Waals surface area contributed by atoms with Crippen molar-refractivity contribution in [1.29, 1.82) is 0 Å².